The minimum Gasteiger partial charge on any atom is -0.326 e. The molecule has 0 radical (unpaired) electrons. The second-order valence-electron chi connectivity index (χ2n) is 4.45. The van der Waals surface area contributed by atoms with E-state index in [4.69, 9.17) is 0 Å². The zero-order valence-electron chi connectivity index (χ0n) is 11.3. The Bertz CT molecular complexity index is 461. The molecule has 2 atom stereocenters. The van der Waals surface area contributed by atoms with Crippen LogP contribution >= 0.6 is 11.3 Å². The highest BCUT2D eigenvalue weighted by molar-refractivity contribution is 7.13. The zero-order chi connectivity index (χ0) is 13.0. The first kappa shape index (κ1) is 13.3. The Balaban J connectivity index is 2.25. The number of nitrogens with one attached hydrogen (secondary N) is 1. The molecule has 2 aromatic rings. The molecule has 0 aliphatic rings. The third-order valence-corrected chi connectivity index (χ3v) is 4.20. The van der Waals surface area contributed by atoms with E-state index in [1.807, 2.05) is 6.20 Å². The van der Waals surface area contributed by atoms with Gasteiger partial charge >= 0.3 is 0 Å². The predicted molar refractivity (Wildman–Crippen MR) is 78.0 cm³/mol. The fourth-order valence-corrected chi connectivity index (χ4v) is 3.07. The van der Waals surface area contributed by atoms with Gasteiger partial charge in [-0.1, -0.05) is 19.9 Å². The highest BCUT2D eigenvalue weighted by Crippen LogP contribution is 2.27. The van der Waals surface area contributed by atoms with Gasteiger partial charge in [-0.2, -0.15) is 0 Å². The first-order chi connectivity index (χ1) is 8.77. The summed E-state index contributed by atoms with van der Waals surface area (Å²) in [6, 6.07) is 5.10. The molecular weight excluding hydrogens is 242 g/mol. The molecule has 0 amide bonds. The third kappa shape index (κ3) is 2.65. The lowest BCUT2D eigenvalue weighted by Gasteiger charge is -2.26. The Morgan fingerprint density at radius 3 is 2.89 bits per heavy atom. The summed E-state index contributed by atoms with van der Waals surface area (Å²) >= 11 is 1.74. The van der Waals surface area contributed by atoms with Crippen LogP contribution in [-0.2, 0) is 0 Å². The van der Waals surface area contributed by atoms with E-state index in [-0.39, 0.29) is 0 Å². The van der Waals surface area contributed by atoms with Gasteiger partial charge in [-0.25, -0.2) is 4.98 Å². The van der Waals surface area contributed by atoms with Crippen LogP contribution in [0.3, 0.4) is 0 Å². The quantitative estimate of drug-likeness (QED) is 0.863. The molecule has 0 bridgehead atoms. The second-order valence-corrected chi connectivity index (χ2v) is 5.40. The molecule has 0 saturated carbocycles. The Morgan fingerprint density at radius 1 is 1.44 bits per heavy atom. The van der Waals surface area contributed by atoms with E-state index in [0.717, 1.165) is 18.8 Å². The van der Waals surface area contributed by atoms with Crippen LogP contribution in [0.25, 0.3) is 10.7 Å². The molecule has 1 N–H and O–H groups in total. The lowest BCUT2D eigenvalue weighted by Crippen LogP contribution is -2.35. The lowest BCUT2D eigenvalue weighted by molar-refractivity contribution is 0.369. The van der Waals surface area contributed by atoms with E-state index in [1.165, 1.54) is 4.88 Å². The molecule has 0 aromatic carbocycles. The maximum absolute atomic E-state index is 4.50. The largest absolute Gasteiger partial charge is 0.326 e. The topological polar surface area (TPSA) is 29.9 Å². The normalized spacial score (nSPS) is 14.6. The number of thiophene rings is 1. The van der Waals surface area contributed by atoms with Crippen LogP contribution in [0.4, 0.5) is 0 Å². The summed E-state index contributed by atoms with van der Waals surface area (Å²) in [5.74, 6) is 1.08. The number of rotatable bonds is 6. The minimum atomic E-state index is 0.412. The summed E-state index contributed by atoms with van der Waals surface area (Å²) in [6.07, 6.45) is 5.10. The average Bonchev–Trinajstić information content (AvgIpc) is 3.03. The lowest BCUT2D eigenvalue weighted by atomic mass is 10.1. The molecule has 98 valence electrons. The molecule has 0 spiro atoms. The van der Waals surface area contributed by atoms with E-state index in [9.17, 15) is 0 Å². The number of imidazole rings is 1. The van der Waals surface area contributed by atoms with Gasteiger partial charge in [0.1, 0.15) is 5.82 Å². The Morgan fingerprint density at radius 2 is 2.28 bits per heavy atom. The Kier molecular flexibility index (Phi) is 4.55. The van der Waals surface area contributed by atoms with Crippen LogP contribution in [-0.4, -0.2) is 22.1 Å². The molecule has 2 rings (SSSR count). The molecule has 2 unspecified atom stereocenters. The highest BCUT2D eigenvalue weighted by Gasteiger charge is 2.19. The van der Waals surface area contributed by atoms with Crippen LogP contribution in [0.2, 0.25) is 0 Å². The van der Waals surface area contributed by atoms with Crippen LogP contribution in [0.1, 0.15) is 33.2 Å². The van der Waals surface area contributed by atoms with Gasteiger partial charge in [-0.3, -0.25) is 0 Å². The van der Waals surface area contributed by atoms with Gasteiger partial charge in [0.2, 0.25) is 0 Å². The van der Waals surface area contributed by atoms with Crippen LogP contribution in [0, 0.1) is 0 Å². The maximum Gasteiger partial charge on any atom is 0.150 e. The van der Waals surface area contributed by atoms with Gasteiger partial charge in [0.15, 0.2) is 0 Å². The summed E-state index contributed by atoms with van der Waals surface area (Å²) in [7, 11) is 0. The van der Waals surface area contributed by atoms with Crippen molar-refractivity contribution in [3.05, 3.63) is 29.9 Å². The first-order valence-electron chi connectivity index (χ1n) is 6.58. The van der Waals surface area contributed by atoms with Gasteiger partial charge in [0.25, 0.3) is 0 Å². The number of hydrogen-bond acceptors (Lipinski definition) is 3. The maximum atomic E-state index is 4.50. The minimum absolute atomic E-state index is 0.412. The summed E-state index contributed by atoms with van der Waals surface area (Å²) in [4.78, 5) is 5.74. The number of aromatic nitrogens is 2. The van der Waals surface area contributed by atoms with Crippen molar-refractivity contribution in [3.63, 3.8) is 0 Å². The zero-order valence-corrected chi connectivity index (χ0v) is 12.1. The van der Waals surface area contributed by atoms with Crippen LogP contribution in [0.15, 0.2) is 29.9 Å². The van der Waals surface area contributed by atoms with Crippen molar-refractivity contribution < 1.29 is 0 Å². The van der Waals surface area contributed by atoms with Crippen molar-refractivity contribution in [2.45, 2.75) is 39.3 Å². The summed E-state index contributed by atoms with van der Waals surface area (Å²) < 4.78 is 2.28. The molecular formula is C14H21N3S. The molecule has 2 heterocycles. The molecule has 0 fully saturated rings. The number of nitrogens with zero attached hydrogens (tertiary/aromatic N) is 2. The number of likely N-dealkylation sites (N-methyl/N-ethyl adjacent to an activating group) is 1. The van der Waals surface area contributed by atoms with Crippen molar-refractivity contribution in [1.82, 2.24) is 14.9 Å². The predicted octanol–water partition coefficient (Wildman–Crippen LogP) is 3.56. The average molecular weight is 263 g/mol. The van der Waals surface area contributed by atoms with Gasteiger partial charge in [-0.15, -0.1) is 11.3 Å². The molecule has 0 saturated heterocycles. The molecule has 3 nitrogen and oxygen atoms in total. The third-order valence-electron chi connectivity index (χ3n) is 3.34. The van der Waals surface area contributed by atoms with Gasteiger partial charge < -0.3 is 9.88 Å². The van der Waals surface area contributed by atoms with Crippen LogP contribution < -0.4 is 5.32 Å². The van der Waals surface area contributed by atoms with E-state index in [2.05, 4.69) is 59.3 Å². The van der Waals surface area contributed by atoms with Crippen molar-refractivity contribution in [1.29, 1.82) is 0 Å². The van der Waals surface area contributed by atoms with E-state index in [1.54, 1.807) is 11.3 Å². The summed E-state index contributed by atoms with van der Waals surface area (Å²) in [5.41, 5.74) is 0. The van der Waals surface area contributed by atoms with E-state index in [0.29, 0.717) is 12.1 Å². The standard InChI is InChI=1S/C14H21N3S/c1-4-12(15-5-2)11(3)17-9-8-16-14(17)13-7-6-10-18-13/h6-12,15H,4-5H2,1-3H3. The van der Waals surface area contributed by atoms with Crippen LogP contribution in [0.5, 0.6) is 0 Å². The van der Waals surface area contributed by atoms with Crippen molar-refractivity contribution in [2.75, 3.05) is 6.54 Å². The van der Waals surface area contributed by atoms with Gasteiger partial charge in [0, 0.05) is 24.5 Å². The van der Waals surface area contributed by atoms with Crippen molar-refractivity contribution in [2.24, 2.45) is 0 Å². The fraction of sp³-hybridized carbons (Fsp3) is 0.500. The molecule has 18 heavy (non-hydrogen) atoms. The molecule has 2 aromatic heterocycles. The SMILES string of the molecule is CCNC(CC)C(C)n1ccnc1-c1cccs1. The van der Waals surface area contributed by atoms with E-state index < -0.39 is 0 Å². The first-order valence-corrected chi connectivity index (χ1v) is 7.46. The highest BCUT2D eigenvalue weighted by atomic mass is 32.1. The van der Waals surface area contributed by atoms with Gasteiger partial charge in [0.05, 0.1) is 4.88 Å². The summed E-state index contributed by atoms with van der Waals surface area (Å²) in [5, 5.41) is 5.65. The smallest absolute Gasteiger partial charge is 0.150 e. The molecule has 0 aliphatic heterocycles. The van der Waals surface area contributed by atoms with Crippen molar-refractivity contribution in [3.8, 4) is 10.7 Å². The van der Waals surface area contributed by atoms with Crippen molar-refractivity contribution >= 4 is 11.3 Å². The fourth-order valence-electron chi connectivity index (χ4n) is 2.35. The summed E-state index contributed by atoms with van der Waals surface area (Å²) in [6.45, 7) is 7.65. The molecule has 4 heteroatoms. The Labute approximate surface area is 113 Å². The Hall–Kier alpha value is -1.13. The second kappa shape index (κ2) is 6.16. The van der Waals surface area contributed by atoms with Gasteiger partial charge in [-0.05, 0) is 31.3 Å². The molecule has 0 aliphatic carbocycles. The van der Waals surface area contributed by atoms with E-state index >= 15 is 0 Å². The monoisotopic (exact) mass is 263 g/mol. The number of hydrogen-bond donors (Lipinski definition) is 1.